The topological polar surface area (TPSA) is 70.9 Å². The second-order valence-corrected chi connectivity index (χ2v) is 3.44. The van der Waals surface area contributed by atoms with Gasteiger partial charge >= 0.3 is 0 Å². The zero-order chi connectivity index (χ0) is 11.4. The molecule has 0 aliphatic rings. The highest BCUT2D eigenvalue weighted by atomic mass is 16.1. The maximum Gasteiger partial charge on any atom is 0.272 e. The van der Waals surface area contributed by atoms with Crippen LogP contribution >= 0.6 is 0 Å². The summed E-state index contributed by atoms with van der Waals surface area (Å²) in [5.74, 6) is -0.154. The Morgan fingerprint density at radius 1 is 1.31 bits per heavy atom. The Balaban J connectivity index is 2.12. The van der Waals surface area contributed by atoms with E-state index in [1.54, 1.807) is 18.3 Å². The third kappa shape index (κ3) is 2.29. The highest BCUT2D eigenvalue weighted by molar-refractivity contribution is 6.02. The van der Waals surface area contributed by atoms with E-state index in [0.29, 0.717) is 12.2 Å². The molecule has 0 spiro atoms. The number of aromatic amines is 1. The van der Waals surface area contributed by atoms with Gasteiger partial charge in [-0.15, -0.1) is 0 Å². The van der Waals surface area contributed by atoms with E-state index in [1.165, 1.54) is 0 Å². The molecule has 82 valence electrons. The van der Waals surface area contributed by atoms with Crippen LogP contribution in [0.15, 0.2) is 42.6 Å². The number of carbonyl (C=O) groups is 1. The van der Waals surface area contributed by atoms with Crippen LogP contribution in [0.3, 0.4) is 0 Å². The molecular formula is C12H13N3O. The van der Waals surface area contributed by atoms with Crippen LogP contribution < -0.4 is 11.1 Å². The lowest BCUT2D eigenvalue weighted by molar-refractivity contribution is 0.102. The van der Waals surface area contributed by atoms with Crippen LogP contribution in [0.5, 0.6) is 0 Å². The zero-order valence-electron chi connectivity index (χ0n) is 8.73. The van der Waals surface area contributed by atoms with Crippen molar-refractivity contribution in [3.8, 4) is 0 Å². The van der Waals surface area contributed by atoms with E-state index < -0.39 is 0 Å². The van der Waals surface area contributed by atoms with Gasteiger partial charge in [-0.25, -0.2) is 0 Å². The van der Waals surface area contributed by atoms with E-state index in [0.717, 1.165) is 11.3 Å². The molecule has 4 nitrogen and oxygen atoms in total. The first kappa shape index (κ1) is 10.4. The molecule has 1 aromatic heterocycles. The SMILES string of the molecule is NCc1cccc(NC(=O)c2ccc[nH]2)c1. The maximum atomic E-state index is 11.7. The number of hydrogen-bond donors (Lipinski definition) is 3. The lowest BCUT2D eigenvalue weighted by Crippen LogP contribution is -2.12. The van der Waals surface area contributed by atoms with Gasteiger partial charge in [-0.1, -0.05) is 12.1 Å². The minimum atomic E-state index is -0.154. The summed E-state index contributed by atoms with van der Waals surface area (Å²) in [7, 11) is 0. The van der Waals surface area contributed by atoms with Crippen LogP contribution in [-0.4, -0.2) is 10.9 Å². The Kier molecular flexibility index (Phi) is 3.03. The number of aromatic nitrogens is 1. The molecule has 0 saturated carbocycles. The molecule has 0 aliphatic heterocycles. The highest BCUT2D eigenvalue weighted by Gasteiger charge is 2.05. The monoisotopic (exact) mass is 215 g/mol. The predicted molar refractivity (Wildman–Crippen MR) is 63.1 cm³/mol. The molecule has 0 saturated heterocycles. The summed E-state index contributed by atoms with van der Waals surface area (Å²) in [5, 5.41) is 2.79. The highest BCUT2D eigenvalue weighted by Crippen LogP contribution is 2.11. The molecule has 4 heteroatoms. The number of carbonyl (C=O) groups excluding carboxylic acids is 1. The molecule has 0 radical (unpaired) electrons. The Morgan fingerprint density at radius 3 is 2.88 bits per heavy atom. The van der Waals surface area contributed by atoms with Crippen molar-refractivity contribution in [3.63, 3.8) is 0 Å². The van der Waals surface area contributed by atoms with Gasteiger partial charge in [0.1, 0.15) is 5.69 Å². The minimum absolute atomic E-state index is 0.154. The van der Waals surface area contributed by atoms with Crippen molar-refractivity contribution >= 4 is 11.6 Å². The first-order valence-electron chi connectivity index (χ1n) is 5.03. The predicted octanol–water partition coefficient (Wildman–Crippen LogP) is 1.73. The molecule has 0 aliphatic carbocycles. The molecule has 0 fully saturated rings. The maximum absolute atomic E-state index is 11.7. The van der Waals surface area contributed by atoms with E-state index >= 15 is 0 Å². The number of rotatable bonds is 3. The normalized spacial score (nSPS) is 10.1. The molecule has 0 atom stereocenters. The molecule has 16 heavy (non-hydrogen) atoms. The summed E-state index contributed by atoms with van der Waals surface area (Å²) in [6, 6.07) is 11.0. The summed E-state index contributed by atoms with van der Waals surface area (Å²) < 4.78 is 0. The summed E-state index contributed by atoms with van der Waals surface area (Å²) >= 11 is 0. The number of hydrogen-bond acceptors (Lipinski definition) is 2. The van der Waals surface area contributed by atoms with Crippen molar-refractivity contribution in [1.29, 1.82) is 0 Å². The molecule has 4 N–H and O–H groups in total. The van der Waals surface area contributed by atoms with Gasteiger partial charge in [0.25, 0.3) is 5.91 Å². The first-order valence-corrected chi connectivity index (χ1v) is 5.03. The molecule has 1 amide bonds. The number of H-pyrrole nitrogens is 1. The summed E-state index contributed by atoms with van der Waals surface area (Å²) in [4.78, 5) is 14.6. The van der Waals surface area contributed by atoms with E-state index in [-0.39, 0.29) is 5.91 Å². The molecule has 0 unspecified atom stereocenters. The van der Waals surface area contributed by atoms with E-state index in [4.69, 9.17) is 5.73 Å². The van der Waals surface area contributed by atoms with E-state index in [9.17, 15) is 4.79 Å². The largest absolute Gasteiger partial charge is 0.357 e. The van der Waals surface area contributed by atoms with Crippen LogP contribution in [0.1, 0.15) is 16.1 Å². The Hall–Kier alpha value is -2.07. The van der Waals surface area contributed by atoms with Crippen molar-refractivity contribution in [2.24, 2.45) is 5.73 Å². The van der Waals surface area contributed by atoms with Gasteiger partial charge in [-0.05, 0) is 29.8 Å². The number of nitrogens with two attached hydrogens (primary N) is 1. The summed E-state index contributed by atoms with van der Waals surface area (Å²) in [5.41, 5.74) is 7.81. The van der Waals surface area contributed by atoms with Crippen molar-refractivity contribution in [1.82, 2.24) is 4.98 Å². The molecule has 0 bridgehead atoms. The van der Waals surface area contributed by atoms with Gasteiger partial charge in [0.15, 0.2) is 0 Å². The number of anilines is 1. The van der Waals surface area contributed by atoms with Crippen molar-refractivity contribution in [2.45, 2.75) is 6.54 Å². The number of benzene rings is 1. The van der Waals surface area contributed by atoms with Crippen LogP contribution in [0.2, 0.25) is 0 Å². The fourth-order valence-corrected chi connectivity index (χ4v) is 1.45. The van der Waals surface area contributed by atoms with E-state index in [2.05, 4.69) is 10.3 Å². The smallest absolute Gasteiger partial charge is 0.272 e. The average Bonchev–Trinajstić information content (AvgIpc) is 2.83. The fourth-order valence-electron chi connectivity index (χ4n) is 1.45. The first-order chi connectivity index (χ1) is 7.79. The second-order valence-electron chi connectivity index (χ2n) is 3.44. The number of amides is 1. The molecule has 1 heterocycles. The van der Waals surface area contributed by atoms with Crippen molar-refractivity contribution in [3.05, 3.63) is 53.9 Å². The van der Waals surface area contributed by atoms with Gasteiger partial charge in [0.2, 0.25) is 0 Å². The molecule has 1 aromatic carbocycles. The van der Waals surface area contributed by atoms with Crippen LogP contribution in [-0.2, 0) is 6.54 Å². The Morgan fingerprint density at radius 2 is 2.19 bits per heavy atom. The van der Waals surface area contributed by atoms with Gasteiger partial charge < -0.3 is 16.0 Å². The quantitative estimate of drug-likeness (QED) is 0.729. The minimum Gasteiger partial charge on any atom is -0.357 e. The second kappa shape index (κ2) is 4.63. The van der Waals surface area contributed by atoms with Crippen LogP contribution in [0.4, 0.5) is 5.69 Å². The van der Waals surface area contributed by atoms with Crippen molar-refractivity contribution < 1.29 is 4.79 Å². The Bertz CT molecular complexity index is 477. The molecule has 2 rings (SSSR count). The van der Waals surface area contributed by atoms with Crippen LogP contribution in [0.25, 0.3) is 0 Å². The van der Waals surface area contributed by atoms with Gasteiger partial charge in [0.05, 0.1) is 0 Å². The van der Waals surface area contributed by atoms with Gasteiger partial charge in [-0.3, -0.25) is 4.79 Å². The van der Waals surface area contributed by atoms with Crippen molar-refractivity contribution in [2.75, 3.05) is 5.32 Å². The Labute approximate surface area is 93.5 Å². The van der Waals surface area contributed by atoms with Gasteiger partial charge in [0, 0.05) is 18.4 Å². The lowest BCUT2D eigenvalue weighted by Gasteiger charge is -2.05. The third-order valence-corrected chi connectivity index (χ3v) is 2.26. The van der Waals surface area contributed by atoms with Gasteiger partial charge in [-0.2, -0.15) is 0 Å². The third-order valence-electron chi connectivity index (χ3n) is 2.26. The molecule has 2 aromatic rings. The van der Waals surface area contributed by atoms with E-state index in [1.807, 2.05) is 24.3 Å². The number of nitrogens with one attached hydrogen (secondary N) is 2. The summed E-state index contributed by atoms with van der Waals surface area (Å²) in [6.45, 7) is 0.464. The zero-order valence-corrected chi connectivity index (χ0v) is 8.73. The standard InChI is InChI=1S/C12H13N3O/c13-8-9-3-1-4-10(7-9)15-12(16)11-5-2-6-14-11/h1-7,14H,8,13H2,(H,15,16). The summed E-state index contributed by atoms with van der Waals surface area (Å²) in [6.07, 6.45) is 1.71. The lowest BCUT2D eigenvalue weighted by atomic mass is 10.2. The fraction of sp³-hybridized carbons (Fsp3) is 0.0833. The van der Waals surface area contributed by atoms with Crippen LogP contribution in [0, 0.1) is 0 Å². The average molecular weight is 215 g/mol. The molecular weight excluding hydrogens is 202 g/mol.